The summed E-state index contributed by atoms with van der Waals surface area (Å²) in [5, 5.41) is 4.32. The molecular weight excluding hydrogens is 404 g/mol. The summed E-state index contributed by atoms with van der Waals surface area (Å²) in [5.74, 6) is -0.767. The highest BCUT2D eigenvalue weighted by Gasteiger charge is 2.15. The first kappa shape index (κ1) is 21.9. The van der Waals surface area contributed by atoms with Crippen LogP contribution in [0.1, 0.15) is 47.3 Å². The predicted molar refractivity (Wildman–Crippen MR) is 115 cm³/mol. The van der Waals surface area contributed by atoms with E-state index < -0.39 is 5.91 Å². The highest BCUT2D eigenvalue weighted by Crippen LogP contribution is 2.20. The van der Waals surface area contributed by atoms with Gasteiger partial charge in [0.15, 0.2) is 10.5 Å². The molecule has 3 aromatic rings. The molecule has 0 spiro atoms. The van der Waals surface area contributed by atoms with E-state index in [1.54, 1.807) is 29.8 Å². The summed E-state index contributed by atoms with van der Waals surface area (Å²) in [6.07, 6.45) is 0. The van der Waals surface area contributed by atoms with Crippen molar-refractivity contribution in [1.29, 1.82) is 0 Å². The number of nitrogens with zero attached hydrogens (tertiary/aromatic N) is 4. The maximum absolute atomic E-state index is 12.8. The third-order valence-corrected chi connectivity index (χ3v) is 5.60. The number of hydrogen-bond acceptors (Lipinski definition) is 6. The van der Waals surface area contributed by atoms with Gasteiger partial charge in [-0.2, -0.15) is 10.1 Å². The van der Waals surface area contributed by atoms with Gasteiger partial charge in [0.1, 0.15) is 0 Å². The van der Waals surface area contributed by atoms with Crippen LogP contribution in [0.2, 0.25) is 0 Å². The Labute approximate surface area is 178 Å². The topological polar surface area (TPSA) is 87.7 Å². The molecule has 0 saturated carbocycles. The quantitative estimate of drug-likeness (QED) is 0.405. The molecule has 0 N–H and O–H groups in total. The second kappa shape index (κ2) is 9.82. The zero-order valence-electron chi connectivity index (χ0n) is 17.7. The summed E-state index contributed by atoms with van der Waals surface area (Å²) in [5.41, 5.74) is 2.58. The Morgan fingerprint density at radius 2 is 1.97 bits per heavy atom. The highest BCUT2D eigenvalue weighted by molar-refractivity contribution is 7.16. The molecule has 2 aromatic heterocycles. The van der Waals surface area contributed by atoms with Crippen LogP contribution in [0.15, 0.2) is 29.3 Å². The molecule has 3 rings (SSSR count). The molecule has 0 fully saturated rings. The van der Waals surface area contributed by atoms with Gasteiger partial charge < -0.3 is 14.0 Å². The van der Waals surface area contributed by atoms with Crippen molar-refractivity contribution >= 4 is 33.4 Å². The van der Waals surface area contributed by atoms with E-state index in [1.165, 1.54) is 11.3 Å². The SMILES string of the molecule is CCOCCn1c(=NC(=O)c2cc(C)n(CC)n2)sc2cc(C(=O)OCC)ccc21. The molecule has 2 heterocycles. The summed E-state index contributed by atoms with van der Waals surface area (Å²) in [7, 11) is 0. The first-order chi connectivity index (χ1) is 14.5. The number of hydrogen-bond donors (Lipinski definition) is 0. The van der Waals surface area contributed by atoms with Crippen molar-refractivity contribution in [1.82, 2.24) is 14.3 Å². The van der Waals surface area contributed by atoms with Crippen LogP contribution in [0.25, 0.3) is 10.2 Å². The number of fused-ring (bicyclic) bond motifs is 1. The van der Waals surface area contributed by atoms with Gasteiger partial charge in [-0.05, 0) is 52.0 Å². The standard InChI is InChI=1S/C21H26N4O4S/c1-5-25-14(4)12-16(23-25)19(26)22-21-24(10-11-28-6-2)17-9-8-15(13-18(17)30-21)20(27)29-7-3/h8-9,12-13H,5-7,10-11H2,1-4H3. The Morgan fingerprint density at radius 3 is 2.63 bits per heavy atom. The molecule has 9 heteroatoms. The maximum Gasteiger partial charge on any atom is 0.338 e. The number of amides is 1. The Hall–Kier alpha value is -2.78. The van der Waals surface area contributed by atoms with E-state index in [2.05, 4.69) is 10.1 Å². The molecule has 30 heavy (non-hydrogen) atoms. The van der Waals surface area contributed by atoms with Crippen molar-refractivity contribution in [3.05, 3.63) is 46.0 Å². The van der Waals surface area contributed by atoms with Gasteiger partial charge in [-0.25, -0.2) is 4.79 Å². The van der Waals surface area contributed by atoms with Crippen LogP contribution in [-0.2, 0) is 22.6 Å². The Balaban J connectivity index is 2.05. The number of benzene rings is 1. The molecule has 1 amide bonds. The normalized spacial score (nSPS) is 11.9. The lowest BCUT2D eigenvalue weighted by Gasteiger charge is -2.06. The van der Waals surface area contributed by atoms with Gasteiger partial charge >= 0.3 is 5.97 Å². The lowest BCUT2D eigenvalue weighted by molar-refractivity contribution is 0.0526. The molecule has 0 bridgehead atoms. The van der Waals surface area contributed by atoms with Gasteiger partial charge in [-0.3, -0.25) is 9.48 Å². The zero-order valence-corrected chi connectivity index (χ0v) is 18.5. The Bertz CT molecular complexity index is 1130. The van der Waals surface area contributed by atoms with Crippen LogP contribution in [0, 0.1) is 6.92 Å². The molecule has 8 nitrogen and oxygen atoms in total. The van der Waals surface area contributed by atoms with Gasteiger partial charge in [-0.15, -0.1) is 0 Å². The van der Waals surface area contributed by atoms with Crippen molar-refractivity contribution in [2.75, 3.05) is 19.8 Å². The molecule has 0 atom stereocenters. The predicted octanol–water partition coefficient (Wildman–Crippen LogP) is 3.18. The monoisotopic (exact) mass is 430 g/mol. The van der Waals surface area contributed by atoms with E-state index in [9.17, 15) is 9.59 Å². The highest BCUT2D eigenvalue weighted by atomic mass is 32.1. The third kappa shape index (κ3) is 4.68. The summed E-state index contributed by atoms with van der Waals surface area (Å²) in [6.45, 7) is 10.2. The average Bonchev–Trinajstić information content (AvgIpc) is 3.28. The zero-order chi connectivity index (χ0) is 21.7. The number of aromatic nitrogens is 3. The van der Waals surface area contributed by atoms with Gasteiger partial charge in [0, 0.05) is 25.4 Å². The minimum absolute atomic E-state index is 0.314. The van der Waals surface area contributed by atoms with Crippen LogP contribution >= 0.6 is 11.3 Å². The number of aryl methyl sites for hydroxylation is 2. The molecule has 0 saturated heterocycles. The number of carbonyl (C=O) groups excluding carboxylic acids is 2. The smallest absolute Gasteiger partial charge is 0.338 e. The lowest BCUT2D eigenvalue weighted by Crippen LogP contribution is -2.20. The van der Waals surface area contributed by atoms with Crippen LogP contribution < -0.4 is 4.80 Å². The van der Waals surface area contributed by atoms with Crippen molar-refractivity contribution in [2.24, 2.45) is 4.99 Å². The first-order valence-electron chi connectivity index (χ1n) is 10.00. The summed E-state index contributed by atoms with van der Waals surface area (Å²) in [4.78, 5) is 29.7. The number of ether oxygens (including phenoxy) is 2. The minimum Gasteiger partial charge on any atom is -0.462 e. The van der Waals surface area contributed by atoms with Crippen LogP contribution in [0.5, 0.6) is 0 Å². The molecule has 1 aromatic carbocycles. The number of esters is 1. The van der Waals surface area contributed by atoms with E-state index in [0.717, 1.165) is 15.9 Å². The van der Waals surface area contributed by atoms with Gasteiger partial charge in [0.2, 0.25) is 0 Å². The molecule has 0 aliphatic carbocycles. The van der Waals surface area contributed by atoms with Crippen molar-refractivity contribution < 1.29 is 19.1 Å². The summed E-state index contributed by atoms with van der Waals surface area (Å²) >= 11 is 1.35. The average molecular weight is 431 g/mol. The molecule has 0 aliphatic heterocycles. The largest absolute Gasteiger partial charge is 0.462 e. The fourth-order valence-corrected chi connectivity index (χ4v) is 4.19. The number of rotatable bonds is 8. The first-order valence-corrected chi connectivity index (χ1v) is 10.8. The van der Waals surface area contributed by atoms with E-state index >= 15 is 0 Å². The van der Waals surface area contributed by atoms with E-state index in [4.69, 9.17) is 9.47 Å². The molecular formula is C21H26N4O4S. The van der Waals surface area contributed by atoms with Crippen LogP contribution in [0.4, 0.5) is 0 Å². The Morgan fingerprint density at radius 1 is 1.17 bits per heavy atom. The molecule has 0 unspecified atom stereocenters. The number of carbonyl (C=O) groups is 2. The van der Waals surface area contributed by atoms with Crippen molar-refractivity contribution in [2.45, 2.75) is 40.8 Å². The Kier molecular flexibility index (Phi) is 7.17. The minimum atomic E-state index is -0.396. The molecule has 0 radical (unpaired) electrons. The maximum atomic E-state index is 12.8. The molecule has 0 aliphatic rings. The number of thiazole rings is 1. The van der Waals surface area contributed by atoms with Crippen molar-refractivity contribution in [3.63, 3.8) is 0 Å². The second-order valence-corrected chi connectivity index (χ2v) is 7.55. The second-order valence-electron chi connectivity index (χ2n) is 6.54. The fourth-order valence-electron chi connectivity index (χ4n) is 3.10. The van der Waals surface area contributed by atoms with E-state index in [1.807, 2.05) is 31.4 Å². The van der Waals surface area contributed by atoms with Crippen molar-refractivity contribution in [3.8, 4) is 0 Å². The third-order valence-electron chi connectivity index (χ3n) is 4.55. The summed E-state index contributed by atoms with van der Waals surface area (Å²) < 4.78 is 15.1. The van der Waals surface area contributed by atoms with Gasteiger partial charge in [-0.1, -0.05) is 11.3 Å². The van der Waals surface area contributed by atoms with Crippen LogP contribution in [0.3, 0.4) is 0 Å². The van der Waals surface area contributed by atoms with E-state index in [0.29, 0.717) is 49.0 Å². The fraction of sp³-hybridized carbons (Fsp3) is 0.429. The van der Waals surface area contributed by atoms with Gasteiger partial charge in [0.05, 0.1) is 29.0 Å². The lowest BCUT2D eigenvalue weighted by atomic mass is 10.2. The van der Waals surface area contributed by atoms with Gasteiger partial charge in [0.25, 0.3) is 5.91 Å². The van der Waals surface area contributed by atoms with E-state index in [-0.39, 0.29) is 5.97 Å². The van der Waals surface area contributed by atoms with Crippen LogP contribution in [-0.4, -0.2) is 46.0 Å². The summed E-state index contributed by atoms with van der Waals surface area (Å²) in [6, 6.07) is 7.09. The molecule has 160 valence electrons.